The van der Waals surface area contributed by atoms with Gasteiger partial charge in [0.1, 0.15) is 0 Å². The number of carboxylic acids is 1. The molecule has 0 radical (unpaired) electrons. The van der Waals surface area contributed by atoms with E-state index in [1.165, 1.54) is 0 Å². The maximum atomic E-state index is 11.8. The molecule has 0 bridgehead atoms. The van der Waals surface area contributed by atoms with Crippen LogP contribution in [-0.2, 0) is 9.59 Å². The van der Waals surface area contributed by atoms with Gasteiger partial charge in [0.25, 0.3) is 0 Å². The summed E-state index contributed by atoms with van der Waals surface area (Å²) in [5, 5.41) is 11.5. The van der Waals surface area contributed by atoms with Gasteiger partial charge in [-0.15, -0.1) is 0 Å². The van der Waals surface area contributed by atoms with Crippen LogP contribution in [0.1, 0.15) is 45.1 Å². The molecule has 0 aliphatic heterocycles. The summed E-state index contributed by atoms with van der Waals surface area (Å²) in [5.41, 5.74) is 1.93. The first-order valence-corrected chi connectivity index (χ1v) is 6.50. The molecule has 0 saturated carbocycles. The number of hydrogen-bond donors (Lipinski definition) is 2. The first-order valence-electron chi connectivity index (χ1n) is 6.50. The molecule has 0 spiro atoms. The standard InChI is InChI=1S/C15H21NO3/c1-10(2)12-5-4-6-13(9-12)16-14(17)7-11(3)8-15(18)19/h4-6,9-11H,7-8H2,1-3H3,(H,16,17)(H,18,19). The van der Waals surface area contributed by atoms with E-state index in [1.807, 2.05) is 24.3 Å². The van der Waals surface area contributed by atoms with Crippen molar-refractivity contribution in [2.45, 2.75) is 39.5 Å². The normalized spacial score (nSPS) is 12.2. The molecule has 4 nitrogen and oxygen atoms in total. The summed E-state index contributed by atoms with van der Waals surface area (Å²) in [5.74, 6) is -0.773. The Morgan fingerprint density at radius 2 is 1.89 bits per heavy atom. The lowest BCUT2D eigenvalue weighted by Crippen LogP contribution is -2.17. The molecule has 1 amide bonds. The molecule has 0 heterocycles. The summed E-state index contributed by atoms with van der Waals surface area (Å²) >= 11 is 0. The predicted octanol–water partition coefficient (Wildman–Crippen LogP) is 3.25. The van der Waals surface area contributed by atoms with E-state index < -0.39 is 5.97 Å². The fourth-order valence-corrected chi connectivity index (χ4v) is 1.87. The van der Waals surface area contributed by atoms with Gasteiger partial charge in [-0.25, -0.2) is 0 Å². The summed E-state index contributed by atoms with van der Waals surface area (Å²) in [6.07, 6.45) is 0.234. The molecular formula is C15H21NO3. The molecule has 1 atom stereocenters. The monoisotopic (exact) mass is 263 g/mol. The molecule has 1 rings (SSSR count). The Bertz CT molecular complexity index is 454. The summed E-state index contributed by atoms with van der Waals surface area (Å²) < 4.78 is 0. The lowest BCUT2D eigenvalue weighted by atomic mass is 10.0. The van der Waals surface area contributed by atoms with Gasteiger partial charge in [-0.1, -0.05) is 32.9 Å². The number of carboxylic acid groups (broad SMARTS) is 1. The summed E-state index contributed by atoms with van der Waals surface area (Å²) in [7, 11) is 0. The summed E-state index contributed by atoms with van der Waals surface area (Å²) in [6.45, 7) is 5.95. The highest BCUT2D eigenvalue weighted by Crippen LogP contribution is 2.19. The van der Waals surface area contributed by atoms with E-state index in [0.29, 0.717) is 5.92 Å². The number of carbonyl (C=O) groups excluding carboxylic acids is 1. The van der Waals surface area contributed by atoms with E-state index in [9.17, 15) is 9.59 Å². The first-order chi connectivity index (χ1) is 8.88. The van der Waals surface area contributed by atoms with Crippen LogP contribution in [0.15, 0.2) is 24.3 Å². The largest absolute Gasteiger partial charge is 0.481 e. The fraction of sp³-hybridized carbons (Fsp3) is 0.467. The highest BCUT2D eigenvalue weighted by molar-refractivity contribution is 5.91. The van der Waals surface area contributed by atoms with Gasteiger partial charge in [-0.2, -0.15) is 0 Å². The van der Waals surface area contributed by atoms with Crippen LogP contribution in [-0.4, -0.2) is 17.0 Å². The van der Waals surface area contributed by atoms with Gasteiger partial charge in [0, 0.05) is 18.5 Å². The van der Waals surface area contributed by atoms with E-state index in [1.54, 1.807) is 6.92 Å². The zero-order valence-electron chi connectivity index (χ0n) is 11.6. The zero-order chi connectivity index (χ0) is 14.4. The molecule has 104 valence electrons. The zero-order valence-corrected chi connectivity index (χ0v) is 11.6. The Hall–Kier alpha value is -1.84. The van der Waals surface area contributed by atoms with E-state index in [4.69, 9.17) is 5.11 Å². The second-order valence-corrected chi connectivity index (χ2v) is 5.24. The van der Waals surface area contributed by atoms with Gasteiger partial charge >= 0.3 is 5.97 Å². The van der Waals surface area contributed by atoms with E-state index >= 15 is 0 Å². The Kier molecular flexibility index (Phi) is 5.55. The Labute approximate surface area is 113 Å². The third kappa shape index (κ3) is 5.55. The van der Waals surface area contributed by atoms with Crippen molar-refractivity contribution in [3.8, 4) is 0 Å². The van der Waals surface area contributed by atoms with Gasteiger partial charge in [0.05, 0.1) is 0 Å². The molecule has 0 aromatic heterocycles. The Balaban J connectivity index is 2.57. The Morgan fingerprint density at radius 1 is 1.21 bits per heavy atom. The Morgan fingerprint density at radius 3 is 2.47 bits per heavy atom. The molecule has 1 aromatic rings. The van der Waals surface area contributed by atoms with Crippen molar-refractivity contribution < 1.29 is 14.7 Å². The smallest absolute Gasteiger partial charge is 0.303 e. The third-order valence-electron chi connectivity index (χ3n) is 2.89. The van der Waals surface area contributed by atoms with Gasteiger partial charge in [-0.3, -0.25) is 9.59 Å². The number of benzene rings is 1. The van der Waals surface area contributed by atoms with Crippen LogP contribution in [0, 0.1) is 5.92 Å². The molecule has 0 aliphatic rings. The maximum Gasteiger partial charge on any atom is 0.303 e. The number of hydrogen-bond acceptors (Lipinski definition) is 2. The molecule has 19 heavy (non-hydrogen) atoms. The predicted molar refractivity (Wildman–Crippen MR) is 75.2 cm³/mol. The minimum atomic E-state index is -0.873. The molecule has 2 N–H and O–H groups in total. The molecule has 0 fully saturated rings. The van der Waals surface area contributed by atoms with Crippen LogP contribution < -0.4 is 5.32 Å². The second kappa shape index (κ2) is 6.92. The number of nitrogens with one attached hydrogen (secondary N) is 1. The van der Waals surface area contributed by atoms with Crippen LogP contribution in [0.4, 0.5) is 5.69 Å². The topological polar surface area (TPSA) is 66.4 Å². The summed E-state index contributed by atoms with van der Waals surface area (Å²) in [6, 6.07) is 7.72. The van der Waals surface area contributed by atoms with Gasteiger partial charge in [0.2, 0.25) is 5.91 Å². The van der Waals surface area contributed by atoms with Crippen molar-refractivity contribution in [1.82, 2.24) is 0 Å². The van der Waals surface area contributed by atoms with Crippen molar-refractivity contribution >= 4 is 17.6 Å². The summed E-state index contributed by atoms with van der Waals surface area (Å²) in [4.78, 5) is 22.3. The quantitative estimate of drug-likeness (QED) is 0.828. The third-order valence-corrected chi connectivity index (χ3v) is 2.89. The van der Waals surface area contributed by atoms with Crippen molar-refractivity contribution in [1.29, 1.82) is 0 Å². The average Bonchev–Trinajstić information content (AvgIpc) is 2.27. The van der Waals surface area contributed by atoms with E-state index in [-0.39, 0.29) is 24.7 Å². The van der Waals surface area contributed by atoms with Gasteiger partial charge < -0.3 is 10.4 Å². The van der Waals surface area contributed by atoms with Gasteiger partial charge in [-0.05, 0) is 29.5 Å². The number of amides is 1. The van der Waals surface area contributed by atoms with Crippen molar-refractivity contribution in [2.75, 3.05) is 5.32 Å². The highest BCUT2D eigenvalue weighted by atomic mass is 16.4. The highest BCUT2D eigenvalue weighted by Gasteiger charge is 2.13. The maximum absolute atomic E-state index is 11.8. The number of carbonyl (C=O) groups is 2. The molecule has 4 heteroatoms. The van der Waals surface area contributed by atoms with Crippen LogP contribution in [0.5, 0.6) is 0 Å². The minimum absolute atomic E-state index is 0.0133. The average molecular weight is 263 g/mol. The van der Waals surface area contributed by atoms with Crippen molar-refractivity contribution in [2.24, 2.45) is 5.92 Å². The molecule has 0 aliphatic carbocycles. The molecule has 1 unspecified atom stereocenters. The SMILES string of the molecule is CC(CC(=O)O)CC(=O)Nc1cccc(C(C)C)c1. The number of rotatable bonds is 6. The van der Waals surface area contributed by atoms with Crippen molar-refractivity contribution in [3.63, 3.8) is 0 Å². The minimum Gasteiger partial charge on any atom is -0.481 e. The number of aliphatic carboxylic acids is 1. The van der Waals surface area contributed by atoms with E-state index in [0.717, 1.165) is 11.3 Å². The lowest BCUT2D eigenvalue weighted by molar-refractivity contribution is -0.138. The van der Waals surface area contributed by atoms with Crippen LogP contribution in [0.2, 0.25) is 0 Å². The van der Waals surface area contributed by atoms with E-state index in [2.05, 4.69) is 19.2 Å². The second-order valence-electron chi connectivity index (χ2n) is 5.24. The van der Waals surface area contributed by atoms with Crippen LogP contribution in [0.25, 0.3) is 0 Å². The molecule has 0 saturated heterocycles. The van der Waals surface area contributed by atoms with Gasteiger partial charge in [0.15, 0.2) is 0 Å². The molecular weight excluding hydrogens is 242 g/mol. The van der Waals surface area contributed by atoms with Crippen LogP contribution >= 0.6 is 0 Å². The fourth-order valence-electron chi connectivity index (χ4n) is 1.87. The van der Waals surface area contributed by atoms with Crippen LogP contribution in [0.3, 0.4) is 0 Å². The first kappa shape index (κ1) is 15.2. The molecule has 1 aromatic carbocycles. The lowest BCUT2D eigenvalue weighted by Gasteiger charge is -2.11. The number of anilines is 1. The van der Waals surface area contributed by atoms with Crippen molar-refractivity contribution in [3.05, 3.63) is 29.8 Å².